The smallest absolute Gasteiger partial charge is 0.256 e. The van der Waals surface area contributed by atoms with Crippen molar-refractivity contribution >= 4 is 18.0 Å². The minimum absolute atomic E-state index is 0.547. The summed E-state index contributed by atoms with van der Waals surface area (Å²) < 4.78 is 5.30. The molecule has 1 aromatic heterocycles. The van der Waals surface area contributed by atoms with Crippen LogP contribution in [0.5, 0.6) is 0 Å². The number of nitrogens with zero attached hydrogens (tertiary/aromatic N) is 1. The summed E-state index contributed by atoms with van der Waals surface area (Å²) in [5, 5.41) is 0.659. The molecule has 4 heteroatoms. The van der Waals surface area contributed by atoms with Crippen molar-refractivity contribution in [2.75, 3.05) is 5.75 Å². The Kier molecular flexibility index (Phi) is 3.34. The van der Waals surface area contributed by atoms with Crippen LogP contribution < -0.4 is 0 Å². The van der Waals surface area contributed by atoms with Crippen LogP contribution in [0.3, 0.4) is 0 Å². The third kappa shape index (κ3) is 2.37. The lowest BCUT2D eigenvalue weighted by Crippen LogP contribution is -1.80. The van der Waals surface area contributed by atoms with Crippen molar-refractivity contribution in [3.8, 4) is 0 Å². The zero-order valence-corrected chi connectivity index (χ0v) is 7.98. The number of aryl methyl sites for hydroxylation is 2. The highest BCUT2D eigenvalue weighted by molar-refractivity contribution is 7.99. The summed E-state index contributed by atoms with van der Waals surface area (Å²) in [5.41, 5.74) is 0.920. The van der Waals surface area contributed by atoms with Crippen molar-refractivity contribution in [2.24, 2.45) is 0 Å². The Labute approximate surface area is 75.6 Å². The first-order chi connectivity index (χ1) is 5.74. The van der Waals surface area contributed by atoms with Crippen LogP contribution in [-0.4, -0.2) is 17.0 Å². The molecule has 0 aliphatic carbocycles. The molecule has 0 amide bonds. The molecule has 0 aliphatic rings. The van der Waals surface area contributed by atoms with E-state index >= 15 is 0 Å². The maximum Gasteiger partial charge on any atom is 0.256 e. The highest BCUT2D eigenvalue weighted by atomic mass is 32.2. The molecule has 0 atom stereocenters. The van der Waals surface area contributed by atoms with E-state index in [0.29, 0.717) is 11.6 Å². The van der Waals surface area contributed by atoms with Crippen LogP contribution in [0.2, 0.25) is 0 Å². The molecule has 0 saturated carbocycles. The third-order valence-electron chi connectivity index (χ3n) is 1.47. The van der Waals surface area contributed by atoms with Crippen molar-refractivity contribution in [2.45, 2.75) is 25.5 Å². The molecule has 1 rings (SSSR count). The van der Waals surface area contributed by atoms with E-state index in [0.717, 1.165) is 23.5 Å². The van der Waals surface area contributed by atoms with Crippen molar-refractivity contribution in [1.29, 1.82) is 0 Å². The Morgan fingerprint density at radius 2 is 2.33 bits per heavy atom. The summed E-state index contributed by atoms with van der Waals surface area (Å²) in [5.74, 6) is 1.59. The summed E-state index contributed by atoms with van der Waals surface area (Å²) >= 11 is 1.47. The van der Waals surface area contributed by atoms with E-state index in [1.807, 2.05) is 13.8 Å². The first-order valence-corrected chi connectivity index (χ1v) is 4.73. The number of aldehydes is 1. The van der Waals surface area contributed by atoms with Gasteiger partial charge in [0.15, 0.2) is 0 Å². The molecular weight excluding hydrogens is 174 g/mol. The van der Waals surface area contributed by atoms with Gasteiger partial charge in [-0.1, -0.05) is 11.8 Å². The molecule has 0 aliphatic heterocycles. The quantitative estimate of drug-likeness (QED) is 0.408. The standard InChI is InChI=1S/C8H11NO2S/c1-6-7(2)11-8(9-6)12-5-3-4-10/h4H,3,5H2,1-2H3. The van der Waals surface area contributed by atoms with E-state index in [1.54, 1.807) is 0 Å². The highest BCUT2D eigenvalue weighted by Crippen LogP contribution is 2.19. The molecule has 0 saturated heterocycles. The molecule has 0 unspecified atom stereocenters. The maximum atomic E-state index is 10.0. The predicted octanol–water partition coefficient (Wildman–Crippen LogP) is 1.97. The van der Waals surface area contributed by atoms with Gasteiger partial charge in [-0.15, -0.1) is 0 Å². The second-order valence-electron chi connectivity index (χ2n) is 2.43. The molecule has 0 N–H and O–H groups in total. The Bertz CT molecular complexity index is 251. The van der Waals surface area contributed by atoms with E-state index in [2.05, 4.69) is 4.98 Å². The maximum absolute atomic E-state index is 10.0. The number of hydrogen-bond acceptors (Lipinski definition) is 4. The van der Waals surface area contributed by atoms with Crippen LogP contribution in [0.1, 0.15) is 17.9 Å². The van der Waals surface area contributed by atoms with Gasteiger partial charge in [0.2, 0.25) is 0 Å². The molecule has 66 valence electrons. The minimum Gasteiger partial charge on any atom is -0.437 e. The van der Waals surface area contributed by atoms with Crippen molar-refractivity contribution in [3.63, 3.8) is 0 Å². The monoisotopic (exact) mass is 185 g/mol. The number of rotatable bonds is 4. The van der Waals surface area contributed by atoms with Crippen LogP contribution in [0.15, 0.2) is 9.64 Å². The number of aromatic nitrogens is 1. The van der Waals surface area contributed by atoms with Gasteiger partial charge < -0.3 is 9.21 Å². The van der Waals surface area contributed by atoms with E-state index in [1.165, 1.54) is 11.8 Å². The molecule has 0 aromatic carbocycles. The lowest BCUT2D eigenvalue weighted by atomic mass is 10.4. The molecule has 0 fully saturated rings. The molecule has 3 nitrogen and oxygen atoms in total. The molecular formula is C8H11NO2S. The van der Waals surface area contributed by atoms with E-state index in [4.69, 9.17) is 4.42 Å². The van der Waals surface area contributed by atoms with Gasteiger partial charge in [-0.05, 0) is 13.8 Å². The molecule has 0 radical (unpaired) electrons. The molecule has 12 heavy (non-hydrogen) atoms. The van der Waals surface area contributed by atoms with Crippen LogP contribution in [0.4, 0.5) is 0 Å². The Hall–Kier alpha value is -0.770. The lowest BCUT2D eigenvalue weighted by molar-refractivity contribution is -0.107. The summed E-state index contributed by atoms with van der Waals surface area (Å²) in [6.45, 7) is 3.79. The Morgan fingerprint density at radius 3 is 2.83 bits per heavy atom. The normalized spacial score (nSPS) is 10.2. The topological polar surface area (TPSA) is 43.1 Å². The lowest BCUT2D eigenvalue weighted by Gasteiger charge is -1.88. The average Bonchev–Trinajstić information content (AvgIpc) is 2.32. The summed E-state index contributed by atoms with van der Waals surface area (Å²) in [4.78, 5) is 14.2. The Morgan fingerprint density at radius 1 is 1.58 bits per heavy atom. The fourth-order valence-electron chi connectivity index (χ4n) is 0.699. The fraction of sp³-hybridized carbons (Fsp3) is 0.500. The van der Waals surface area contributed by atoms with Crippen LogP contribution >= 0.6 is 11.8 Å². The first-order valence-electron chi connectivity index (χ1n) is 3.74. The predicted molar refractivity (Wildman–Crippen MR) is 47.4 cm³/mol. The number of hydrogen-bond donors (Lipinski definition) is 0. The summed E-state index contributed by atoms with van der Waals surface area (Å²) in [6, 6.07) is 0. The van der Waals surface area contributed by atoms with Crippen LogP contribution in [0.25, 0.3) is 0 Å². The molecule has 1 aromatic rings. The zero-order valence-electron chi connectivity index (χ0n) is 7.16. The van der Waals surface area contributed by atoms with Gasteiger partial charge in [0.05, 0.1) is 5.69 Å². The van der Waals surface area contributed by atoms with Crippen molar-refractivity contribution in [3.05, 3.63) is 11.5 Å². The minimum atomic E-state index is 0.547. The van der Waals surface area contributed by atoms with Gasteiger partial charge in [0.1, 0.15) is 12.0 Å². The Balaban J connectivity index is 2.47. The van der Waals surface area contributed by atoms with E-state index in [9.17, 15) is 4.79 Å². The van der Waals surface area contributed by atoms with Gasteiger partial charge in [-0.2, -0.15) is 0 Å². The molecule has 0 bridgehead atoms. The van der Waals surface area contributed by atoms with Gasteiger partial charge >= 0.3 is 0 Å². The van der Waals surface area contributed by atoms with Gasteiger partial charge in [0, 0.05) is 12.2 Å². The largest absolute Gasteiger partial charge is 0.437 e. The van der Waals surface area contributed by atoms with Crippen LogP contribution in [-0.2, 0) is 4.79 Å². The first kappa shape index (κ1) is 9.32. The fourth-order valence-corrected chi connectivity index (χ4v) is 1.47. The number of carbonyl (C=O) groups excluding carboxylic acids is 1. The summed E-state index contributed by atoms with van der Waals surface area (Å²) in [6.07, 6.45) is 1.45. The van der Waals surface area contributed by atoms with Gasteiger partial charge in [-0.25, -0.2) is 4.98 Å². The van der Waals surface area contributed by atoms with E-state index in [-0.39, 0.29) is 0 Å². The zero-order chi connectivity index (χ0) is 8.97. The average molecular weight is 185 g/mol. The number of thioether (sulfide) groups is 1. The molecule has 0 spiro atoms. The van der Waals surface area contributed by atoms with Gasteiger partial charge in [0.25, 0.3) is 5.22 Å². The van der Waals surface area contributed by atoms with Gasteiger partial charge in [-0.3, -0.25) is 0 Å². The van der Waals surface area contributed by atoms with Crippen molar-refractivity contribution < 1.29 is 9.21 Å². The second-order valence-corrected chi connectivity index (χ2v) is 3.47. The summed E-state index contributed by atoms with van der Waals surface area (Å²) in [7, 11) is 0. The second kappa shape index (κ2) is 4.30. The highest BCUT2D eigenvalue weighted by Gasteiger charge is 2.04. The molecule has 1 heterocycles. The van der Waals surface area contributed by atoms with Crippen LogP contribution in [0, 0.1) is 13.8 Å². The van der Waals surface area contributed by atoms with E-state index < -0.39 is 0 Å². The number of carbonyl (C=O) groups is 1. The SMILES string of the molecule is Cc1nc(SCCC=O)oc1C. The van der Waals surface area contributed by atoms with Crippen molar-refractivity contribution in [1.82, 2.24) is 4.98 Å². The number of oxazole rings is 1. The third-order valence-corrected chi connectivity index (χ3v) is 2.33.